The first-order valence-corrected chi connectivity index (χ1v) is 18.0. The minimum Gasteiger partial charge on any atom is -0.461 e. The van der Waals surface area contributed by atoms with Gasteiger partial charge in [0.25, 0.3) is 5.91 Å². The predicted molar refractivity (Wildman–Crippen MR) is 196 cm³/mol. The summed E-state index contributed by atoms with van der Waals surface area (Å²) in [5.41, 5.74) is 1.25. The van der Waals surface area contributed by atoms with Gasteiger partial charge in [0.15, 0.2) is 11.6 Å². The summed E-state index contributed by atoms with van der Waals surface area (Å²) in [6.45, 7) is 3.12. The van der Waals surface area contributed by atoms with Crippen molar-refractivity contribution < 1.29 is 22.7 Å². The van der Waals surface area contributed by atoms with E-state index in [9.17, 15) is 13.6 Å². The number of carbonyl (C=O) groups is 1. The number of carbonyl (C=O) groups excluding carboxylic acids is 1. The van der Waals surface area contributed by atoms with E-state index in [1.807, 2.05) is 30.3 Å². The number of pyridine rings is 2. The normalized spacial score (nSPS) is 24.2. The van der Waals surface area contributed by atoms with Crippen LogP contribution in [0, 0.1) is 30.0 Å². The molecule has 4 atom stereocenters. The summed E-state index contributed by atoms with van der Waals surface area (Å²) in [7, 11) is 0. The number of alkyl halides is 1. The fourth-order valence-electron chi connectivity index (χ4n) is 8.96. The van der Waals surface area contributed by atoms with Crippen LogP contribution in [0.5, 0.6) is 6.01 Å². The number of fused-ring (bicyclic) bond motifs is 4. The Bertz CT molecular complexity index is 2310. The third-order valence-corrected chi connectivity index (χ3v) is 11.4. The van der Waals surface area contributed by atoms with Gasteiger partial charge in [-0.2, -0.15) is 9.97 Å². The maximum Gasteiger partial charge on any atom is 0.319 e. The predicted octanol–water partition coefficient (Wildman–Crippen LogP) is 6.22. The van der Waals surface area contributed by atoms with Crippen LogP contribution in [0.3, 0.4) is 0 Å². The van der Waals surface area contributed by atoms with Crippen molar-refractivity contribution in [2.75, 3.05) is 50.8 Å². The average Bonchev–Trinajstić information content (AvgIpc) is 3.93. The molecule has 53 heavy (non-hydrogen) atoms. The SMILES string of the molecule is C#Cc1cccc2cccc(-c3ncc4c(N5C[C@H]6CN(C(=O)/C(F)=C/c7ccccn7)C[C@H]6C5)nc(OCC56CCCN5C[C@H](F)C6)nc4c3F)c12. The summed E-state index contributed by atoms with van der Waals surface area (Å²) >= 11 is 0. The van der Waals surface area contributed by atoms with Crippen LogP contribution >= 0.6 is 0 Å². The number of likely N-dealkylation sites (tertiary alicyclic amines) is 1. The van der Waals surface area contributed by atoms with Gasteiger partial charge in [0.2, 0.25) is 0 Å². The lowest BCUT2D eigenvalue weighted by Gasteiger charge is -2.31. The molecule has 4 aliphatic rings. The van der Waals surface area contributed by atoms with E-state index in [-0.39, 0.29) is 35.7 Å². The zero-order valence-electron chi connectivity index (χ0n) is 28.9. The van der Waals surface area contributed by atoms with E-state index in [2.05, 4.69) is 30.7 Å². The molecule has 4 saturated heterocycles. The van der Waals surface area contributed by atoms with Crippen molar-refractivity contribution in [3.8, 4) is 29.6 Å². The van der Waals surface area contributed by atoms with Gasteiger partial charge < -0.3 is 14.5 Å². The molecule has 1 amide bonds. The molecule has 0 saturated carbocycles. The number of nitrogens with zero attached hydrogens (tertiary/aromatic N) is 7. The lowest BCUT2D eigenvalue weighted by atomic mass is 9.95. The lowest BCUT2D eigenvalue weighted by Crippen LogP contribution is -2.43. The first-order chi connectivity index (χ1) is 25.8. The first-order valence-electron chi connectivity index (χ1n) is 18.0. The van der Waals surface area contributed by atoms with Gasteiger partial charge in [-0.3, -0.25) is 19.7 Å². The molecule has 7 heterocycles. The summed E-state index contributed by atoms with van der Waals surface area (Å²) in [5.74, 6) is 1.11. The minimum absolute atomic E-state index is 0.00455. The van der Waals surface area contributed by atoms with E-state index in [0.29, 0.717) is 72.6 Å². The molecular formula is C41H36F3N7O2. The molecule has 268 valence electrons. The Kier molecular flexibility index (Phi) is 8.26. The third-order valence-electron chi connectivity index (χ3n) is 11.4. The van der Waals surface area contributed by atoms with E-state index >= 15 is 4.39 Å². The number of aromatic nitrogens is 4. The number of halogens is 3. The third kappa shape index (κ3) is 5.83. The fourth-order valence-corrected chi connectivity index (χ4v) is 8.96. The van der Waals surface area contributed by atoms with Gasteiger partial charge in [-0.15, -0.1) is 6.42 Å². The van der Waals surface area contributed by atoms with E-state index in [0.717, 1.165) is 30.8 Å². The van der Waals surface area contributed by atoms with Gasteiger partial charge >= 0.3 is 6.01 Å². The highest BCUT2D eigenvalue weighted by Crippen LogP contribution is 2.42. The second-order valence-electron chi connectivity index (χ2n) is 14.6. The highest BCUT2D eigenvalue weighted by atomic mass is 19.1. The van der Waals surface area contributed by atoms with E-state index in [4.69, 9.17) is 16.1 Å². The zero-order chi connectivity index (χ0) is 36.3. The number of ether oxygens (including phenoxy) is 1. The smallest absolute Gasteiger partial charge is 0.319 e. The second-order valence-corrected chi connectivity index (χ2v) is 14.6. The standard InChI is InChI=1S/C41H36F3N7O2/c1-2-25-8-5-9-26-10-6-12-31(34(25)26)36-35(44)37-32(18-46-36)38(48-40(47-37)53-24-41-13-7-15-51(41)23-29(42)17-41)49-19-27-21-50(22-28(27)20-49)39(52)33(43)16-30-11-3-4-14-45-30/h1,3-6,8-12,14,16,18,27-29H,7,13,15,17,19-24H2/b33-16-/t27-,28+,29-,41?/m1/s1. The molecule has 0 bridgehead atoms. The summed E-state index contributed by atoms with van der Waals surface area (Å²) in [6.07, 6.45) is 11.3. The molecule has 9 nitrogen and oxygen atoms in total. The molecule has 12 heteroatoms. The first kappa shape index (κ1) is 33.3. The molecule has 0 radical (unpaired) electrons. The Morgan fingerprint density at radius 1 is 1.02 bits per heavy atom. The topological polar surface area (TPSA) is 87.6 Å². The zero-order valence-corrected chi connectivity index (χ0v) is 28.9. The summed E-state index contributed by atoms with van der Waals surface area (Å²) in [6, 6.07) is 16.3. The maximum atomic E-state index is 16.9. The van der Waals surface area contributed by atoms with Crippen molar-refractivity contribution in [1.82, 2.24) is 29.7 Å². The molecule has 0 N–H and O–H groups in total. The molecule has 5 aromatic rings. The number of rotatable bonds is 7. The Labute approximate surface area is 304 Å². The Hall–Kier alpha value is -5.54. The van der Waals surface area contributed by atoms with Gasteiger partial charge in [-0.25, -0.2) is 13.2 Å². The summed E-state index contributed by atoms with van der Waals surface area (Å²) in [5, 5.41) is 1.99. The number of hydrogen-bond acceptors (Lipinski definition) is 8. The number of benzene rings is 2. The van der Waals surface area contributed by atoms with Crippen LogP contribution in [0.2, 0.25) is 0 Å². The van der Waals surface area contributed by atoms with Crippen molar-refractivity contribution in [3.63, 3.8) is 0 Å². The van der Waals surface area contributed by atoms with Crippen molar-refractivity contribution in [3.05, 3.63) is 89.9 Å². The van der Waals surface area contributed by atoms with E-state index in [1.54, 1.807) is 41.6 Å². The van der Waals surface area contributed by atoms with Crippen molar-refractivity contribution in [1.29, 1.82) is 0 Å². The monoisotopic (exact) mass is 715 g/mol. The van der Waals surface area contributed by atoms with Crippen molar-refractivity contribution in [2.45, 2.75) is 31.0 Å². The van der Waals surface area contributed by atoms with E-state index in [1.165, 1.54) is 0 Å². The number of hydrogen-bond donors (Lipinski definition) is 0. The Balaban J connectivity index is 1.05. The number of anilines is 1. The maximum absolute atomic E-state index is 16.9. The van der Waals surface area contributed by atoms with Crippen LogP contribution < -0.4 is 9.64 Å². The molecule has 4 fully saturated rings. The fraction of sp³-hybridized carbons (Fsp3) is 0.341. The van der Waals surface area contributed by atoms with E-state index < -0.39 is 29.3 Å². The highest BCUT2D eigenvalue weighted by molar-refractivity contribution is 6.02. The van der Waals surface area contributed by atoms with Gasteiger partial charge in [0.05, 0.1) is 16.6 Å². The molecule has 3 aromatic heterocycles. The van der Waals surface area contributed by atoms with Crippen LogP contribution in [0.15, 0.2) is 72.8 Å². The van der Waals surface area contributed by atoms with Gasteiger partial charge in [-0.05, 0) is 43.0 Å². The summed E-state index contributed by atoms with van der Waals surface area (Å²) in [4.78, 5) is 37.0. The molecule has 9 rings (SSSR count). The molecule has 0 aliphatic carbocycles. The lowest BCUT2D eigenvalue weighted by molar-refractivity contribution is -0.127. The molecule has 4 aliphatic heterocycles. The molecule has 2 aromatic carbocycles. The van der Waals surface area contributed by atoms with Crippen molar-refractivity contribution >= 4 is 39.5 Å². The quantitative estimate of drug-likeness (QED) is 0.145. The van der Waals surface area contributed by atoms with Gasteiger partial charge in [0.1, 0.15) is 29.8 Å². The number of terminal acetylenes is 1. The van der Waals surface area contributed by atoms with Gasteiger partial charge in [-0.1, -0.05) is 42.3 Å². The second kappa shape index (κ2) is 13.1. The highest BCUT2D eigenvalue weighted by Gasteiger charge is 2.49. The Morgan fingerprint density at radius 3 is 2.60 bits per heavy atom. The van der Waals surface area contributed by atoms with Crippen LogP contribution in [-0.2, 0) is 4.79 Å². The Morgan fingerprint density at radius 2 is 1.83 bits per heavy atom. The summed E-state index contributed by atoms with van der Waals surface area (Å²) < 4.78 is 52.8. The molecule has 1 unspecified atom stereocenters. The average molecular weight is 716 g/mol. The van der Waals surface area contributed by atoms with Crippen LogP contribution in [0.1, 0.15) is 30.5 Å². The minimum atomic E-state index is -0.930. The van der Waals surface area contributed by atoms with Crippen molar-refractivity contribution in [2.24, 2.45) is 11.8 Å². The number of amides is 1. The largest absolute Gasteiger partial charge is 0.461 e. The molecular weight excluding hydrogens is 679 g/mol. The van der Waals surface area contributed by atoms with Gasteiger partial charge in [0, 0.05) is 86.0 Å². The van der Waals surface area contributed by atoms with Crippen LogP contribution in [0.4, 0.5) is 19.0 Å². The van der Waals surface area contributed by atoms with Crippen LogP contribution in [0.25, 0.3) is 39.0 Å². The molecule has 0 spiro atoms. The van der Waals surface area contributed by atoms with Crippen LogP contribution in [-0.4, -0.2) is 93.2 Å².